The SMILES string of the molecule is CNC1CCN(C(=O)Cn2cccn2)CC1. The first-order chi connectivity index (χ1) is 7.79. The minimum atomic E-state index is 0.165. The van der Waals surface area contributed by atoms with Gasteiger partial charge < -0.3 is 10.2 Å². The lowest BCUT2D eigenvalue weighted by atomic mass is 10.1. The van der Waals surface area contributed by atoms with Crippen LogP contribution >= 0.6 is 0 Å². The number of likely N-dealkylation sites (tertiary alicyclic amines) is 1. The lowest BCUT2D eigenvalue weighted by Gasteiger charge is -2.31. The molecule has 0 saturated carbocycles. The number of carbonyl (C=O) groups is 1. The van der Waals surface area contributed by atoms with Crippen molar-refractivity contribution in [1.29, 1.82) is 0 Å². The van der Waals surface area contributed by atoms with Crippen molar-refractivity contribution in [3.05, 3.63) is 18.5 Å². The van der Waals surface area contributed by atoms with Gasteiger partial charge in [0.2, 0.25) is 5.91 Å². The van der Waals surface area contributed by atoms with Crippen LogP contribution in [0.4, 0.5) is 0 Å². The maximum Gasteiger partial charge on any atom is 0.244 e. The van der Waals surface area contributed by atoms with Crippen LogP contribution in [0.3, 0.4) is 0 Å². The van der Waals surface area contributed by atoms with Crippen molar-refractivity contribution < 1.29 is 4.79 Å². The quantitative estimate of drug-likeness (QED) is 0.788. The zero-order valence-corrected chi connectivity index (χ0v) is 9.59. The summed E-state index contributed by atoms with van der Waals surface area (Å²) in [5.74, 6) is 0.165. The molecule has 1 aliphatic heterocycles. The fraction of sp³-hybridized carbons (Fsp3) is 0.636. The van der Waals surface area contributed by atoms with Gasteiger partial charge in [0.25, 0.3) is 0 Å². The van der Waals surface area contributed by atoms with E-state index in [-0.39, 0.29) is 5.91 Å². The van der Waals surface area contributed by atoms with Crippen LogP contribution in [-0.2, 0) is 11.3 Å². The third kappa shape index (κ3) is 2.61. The number of amides is 1. The summed E-state index contributed by atoms with van der Waals surface area (Å²) in [6.45, 7) is 2.06. The number of carbonyl (C=O) groups excluding carboxylic acids is 1. The third-order valence-electron chi connectivity index (χ3n) is 3.11. The summed E-state index contributed by atoms with van der Waals surface area (Å²) in [7, 11) is 1.98. The molecule has 0 unspecified atom stereocenters. The molecule has 0 atom stereocenters. The molecule has 0 aromatic carbocycles. The van der Waals surface area contributed by atoms with Crippen molar-refractivity contribution in [2.45, 2.75) is 25.4 Å². The van der Waals surface area contributed by atoms with Gasteiger partial charge in [0.05, 0.1) is 0 Å². The molecule has 0 aliphatic carbocycles. The lowest BCUT2D eigenvalue weighted by molar-refractivity contribution is -0.133. The second-order valence-electron chi connectivity index (χ2n) is 4.15. The molecule has 1 fully saturated rings. The summed E-state index contributed by atoms with van der Waals surface area (Å²) in [5, 5.41) is 7.29. The molecular weight excluding hydrogens is 204 g/mol. The Morgan fingerprint density at radius 2 is 2.25 bits per heavy atom. The molecule has 1 aromatic heterocycles. The standard InChI is InChI=1S/C11H18N4O/c1-12-10-3-7-14(8-4-10)11(16)9-15-6-2-5-13-15/h2,5-6,10,12H,3-4,7-9H2,1H3. The fourth-order valence-corrected chi connectivity index (χ4v) is 2.05. The van der Waals surface area contributed by atoms with Crippen molar-refractivity contribution in [2.24, 2.45) is 0 Å². The number of hydrogen-bond donors (Lipinski definition) is 1. The molecule has 16 heavy (non-hydrogen) atoms. The first-order valence-electron chi connectivity index (χ1n) is 5.72. The molecule has 1 saturated heterocycles. The van der Waals surface area contributed by atoms with Crippen molar-refractivity contribution in [1.82, 2.24) is 20.0 Å². The molecule has 1 aliphatic rings. The van der Waals surface area contributed by atoms with E-state index in [0.29, 0.717) is 12.6 Å². The minimum absolute atomic E-state index is 0.165. The lowest BCUT2D eigenvalue weighted by Crippen LogP contribution is -2.45. The fourth-order valence-electron chi connectivity index (χ4n) is 2.05. The average Bonchev–Trinajstić information content (AvgIpc) is 2.82. The summed E-state index contributed by atoms with van der Waals surface area (Å²) in [6.07, 6.45) is 5.60. The molecule has 5 nitrogen and oxygen atoms in total. The summed E-state index contributed by atoms with van der Waals surface area (Å²) in [6, 6.07) is 2.40. The van der Waals surface area contributed by atoms with E-state index in [4.69, 9.17) is 0 Å². The van der Waals surface area contributed by atoms with Crippen LogP contribution in [0.2, 0.25) is 0 Å². The Balaban J connectivity index is 1.82. The van der Waals surface area contributed by atoms with Crippen LogP contribution in [-0.4, -0.2) is 46.8 Å². The molecule has 1 amide bonds. The molecule has 2 heterocycles. The molecule has 0 radical (unpaired) electrons. The number of aromatic nitrogens is 2. The summed E-state index contributed by atoms with van der Waals surface area (Å²) in [4.78, 5) is 13.8. The van der Waals surface area contributed by atoms with E-state index in [0.717, 1.165) is 25.9 Å². The molecule has 1 aromatic rings. The van der Waals surface area contributed by atoms with E-state index in [9.17, 15) is 4.79 Å². The van der Waals surface area contributed by atoms with Gasteiger partial charge in [-0.2, -0.15) is 5.10 Å². The van der Waals surface area contributed by atoms with E-state index < -0.39 is 0 Å². The first-order valence-corrected chi connectivity index (χ1v) is 5.72. The molecular formula is C11H18N4O. The summed E-state index contributed by atoms with van der Waals surface area (Å²) in [5.41, 5.74) is 0. The zero-order valence-electron chi connectivity index (χ0n) is 9.59. The van der Waals surface area contributed by atoms with Crippen LogP contribution in [0.25, 0.3) is 0 Å². The smallest absolute Gasteiger partial charge is 0.244 e. The maximum atomic E-state index is 11.9. The van der Waals surface area contributed by atoms with Crippen LogP contribution < -0.4 is 5.32 Å². The number of nitrogens with zero attached hydrogens (tertiary/aromatic N) is 3. The summed E-state index contributed by atoms with van der Waals surface area (Å²) < 4.78 is 1.67. The molecule has 2 rings (SSSR count). The van der Waals surface area contributed by atoms with Gasteiger partial charge in [0.15, 0.2) is 0 Å². The third-order valence-corrected chi connectivity index (χ3v) is 3.11. The molecule has 0 bridgehead atoms. The van der Waals surface area contributed by atoms with E-state index in [1.165, 1.54) is 0 Å². The second-order valence-corrected chi connectivity index (χ2v) is 4.15. The maximum absolute atomic E-state index is 11.9. The largest absolute Gasteiger partial charge is 0.341 e. The highest BCUT2D eigenvalue weighted by molar-refractivity contribution is 5.76. The van der Waals surface area contributed by atoms with Crippen molar-refractivity contribution in [2.75, 3.05) is 20.1 Å². The van der Waals surface area contributed by atoms with E-state index in [2.05, 4.69) is 10.4 Å². The Hall–Kier alpha value is -1.36. The summed E-state index contributed by atoms with van der Waals surface area (Å²) >= 11 is 0. The number of hydrogen-bond acceptors (Lipinski definition) is 3. The molecule has 0 spiro atoms. The molecule has 88 valence electrons. The highest BCUT2D eigenvalue weighted by Gasteiger charge is 2.21. The Labute approximate surface area is 95.4 Å². The van der Waals surface area contributed by atoms with Crippen molar-refractivity contribution in [3.8, 4) is 0 Å². The zero-order chi connectivity index (χ0) is 11.4. The van der Waals surface area contributed by atoms with Gasteiger partial charge >= 0.3 is 0 Å². The molecule has 1 N–H and O–H groups in total. The number of rotatable bonds is 3. The highest BCUT2D eigenvalue weighted by atomic mass is 16.2. The van der Waals surface area contributed by atoms with Crippen LogP contribution in [0.5, 0.6) is 0 Å². The predicted octanol–water partition coefficient (Wildman–Crippen LogP) is 0.0935. The topological polar surface area (TPSA) is 50.2 Å². The van der Waals surface area contributed by atoms with Crippen molar-refractivity contribution >= 4 is 5.91 Å². The van der Waals surface area contributed by atoms with E-state index >= 15 is 0 Å². The van der Waals surface area contributed by atoms with Gasteiger partial charge in [-0.15, -0.1) is 0 Å². The van der Waals surface area contributed by atoms with Gasteiger partial charge in [-0.1, -0.05) is 0 Å². The first kappa shape index (κ1) is 11.1. The Kier molecular flexibility index (Phi) is 3.56. The van der Waals surface area contributed by atoms with E-state index in [1.807, 2.05) is 24.2 Å². The monoisotopic (exact) mass is 222 g/mol. The Morgan fingerprint density at radius 3 is 2.81 bits per heavy atom. The van der Waals surface area contributed by atoms with Crippen molar-refractivity contribution in [3.63, 3.8) is 0 Å². The number of nitrogens with one attached hydrogen (secondary N) is 1. The van der Waals surface area contributed by atoms with E-state index in [1.54, 1.807) is 10.9 Å². The van der Waals surface area contributed by atoms with Gasteiger partial charge in [0.1, 0.15) is 6.54 Å². The van der Waals surface area contributed by atoms with Crippen LogP contribution in [0.1, 0.15) is 12.8 Å². The minimum Gasteiger partial charge on any atom is -0.341 e. The average molecular weight is 222 g/mol. The Bertz CT molecular complexity index is 328. The van der Waals surface area contributed by atoms with Crippen LogP contribution in [0, 0.1) is 0 Å². The highest BCUT2D eigenvalue weighted by Crippen LogP contribution is 2.10. The predicted molar refractivity (Wildman–Crippen MR) is 60.9 cm³/mol. The second kappa shape index (κ2) is 5.12. The molecule has 5 heteroatoms. The van der Waals surface area contributed by atoms with Gasteiger partial charge in [-0.3, -0.25) is 9.48 Å². The van der Waals surface area contributed by atoms with Gasteiger partial charge in [-0.05, 0) is 26.0 Å². The Morgan fingerprint density at radius 1 is 1.50 bits per heavy atom. The van der Waals surface area contributed by atoms with Crippen LogP contribution in [0.15, 0.2) is 18.5 Å². The van der Waals surface area contributed by atoms with Gasteiger partial charge in [0, 0.05) is 31.5 Å². The normalized spacial score (nSPS) is 17.7. The van der Waals surface area contributed by atoms with Gasteiger partial charge in [-0.25, -0.2) is 0 Å². The number of piperidine rings is 1.